The number of phosphoric ester groups is 1. The predicted molar refractivity (Wildman–Crippen MR) is 131 cm³/mol. The zero-order valence-corrected chi connectivity index (χ0v) is 21.3. The lowest BCUT2D eigenvalue weighted by Crippen LogP contribution is -2.30. The first-order chi connectivity index (χ1) is 17.6. The zero-order valence-electron chi connectivity index (χ0n) is 20.4. The Hall–Kier alpha value is -3.84. The Labute approximate surface area is 211 Å². The molecule has 0 saturated heterocycles. The molecular formula is C22H27N6O8P. The van der Waals surface area contributed by atoms with Gasteiger partial charge in [-0.1, -0.05) is 13.0 Å². The van der Waals surface area contributed by atoms with Gasteiger partial charge in [-0.05, 0) is 44.0 Å². The van der Waals surface area contributed by atoms with E-state index in [2.05, 4.69) is 25.2 Å². The third-order valence-electron chi connectivity index (χ3n) is 5.03. The third kappa shape index (κ3) is 6.89. The van der Waals surface area contributed by atoms with E-state index in [-0.39, 0.29) is 40.0 Å². The molecule has 0 fully saturated rings. The van der Waals surface area contributed by atoms with Gasteiger partial charge in [-0.25, -0.2) is 28.3 Å². The van der Waals surface area contributed by atoms with Crippen LogP contribution in [-0.4, -0.2) is 62.2 Å². The van der Waals surface area contributed by atoms with Gasteiger partial charge in [-0.3, -0.25) is 9.59 Å². The van der Waals surface area contributed by atoms with Gasteiger partial charge in [-0.2, -0.15) is 5.10 Å². The topological polar surface area (TPSA) is 185 Å². The van der Waals surface area contributed by atoms with Crippen LogP contribution in [0, 0.1) is 6.92 Å². The van der Waals surface area contributed by atoms with Crippen LogP contribution < -0.4 is 15.5 Å². The van der Waals surface area contributed by atoms with E-state index in [4.69, 9.17) is 14.5 Å². The van der Waals surface area contributed by atoms with Crippen LogP contribution in [0.4, 0.5) is 16.3 Å². The van der Waals surface area contributed by atoms with Crippen LogP contribution in [0.3, 0.4) is 0 Å². The van der Waals surface area contributed by atoms with Gasteiger partial charge >= 0.3 is 13.9 Å². The average molecular weight is 534 g/mol. The Morgan fingerprint density at radius 3 is 2.51 bits per heavy atom. The summed E-state index contributed by atoms with van der Waals surface area (Å²) in [6, 6.07) is 6.12. The van der Waals surface area contributed by atoms with E-state index >= 15 is 0 Å². The summed E-state index contributed by atoms with van der Waals surface area (Å²) in [5.74, 6) is -0.744. The van der Waals surface area contributed by atoms with Gasteiger partial charge in [0.1, 0.15) is 11.8 Å². The minimum absolute atomic E-state index is 0.0122. The molecule has 3 rings (SSSR count). The minimum Gasteiger partial charge on any atom is -0.421 e. The normalized spacial score (nSPS) is 11.3. The Balaban J connectivity index is 2.12. The molecule has 0 unspecified atom stereocenters. The van der Waals surface area contributed by atoms with Crippen LogP contribution in [0.25, 0.3) is 5.52 Å². The summed E-state index contributed by atoms with van der Waals surface area (Å²) < 4.78 is 21.6. The highest BCUT2D eigenvalue weighted by molar-refractivity contribution is 7.46. The minimum atomic E-state index is -4.91. The summed E-state index contributed by atoms with van der Waals surface area (Å²) in [6.07, 6.45) is 2.25. The number of hydrogen-bond donors (Lipinski definition) is 4. The number of aromatic nitrogens is 3. The molecule has 198 valence electrons. The molecule has 2 aromatic heterocycles. The maximum atomic E-state index is 13.2. The van der Waals surface area contributed by atoms with Crippen LogP contribution >= 0.6 is 7.82 Å². The van der Waals surface area contributed by atoms with Gasteiger partial charge in [0.15, 0.2) is 5.82 Å². The molecule has 0 atom stereocenters. The van der Waals surface area contributed by atoms with Crippen molar-refractivity contribution in [3.05, 3.63) is 53.5 Å². The Kier molecular flexibility index (Phi) is 8.95. The van der Waals surface area contributed by atoms with Crippen LogP contribution in [0.2, 0.25) is 0 Å². The van der Waals surface area contributed by atoms with Crippen molar-refractivity contribution in [3.63, 3.8) is 0 Å². The molecule has 4 N–H and O–H groups in total. The molecule has 14 nitrogen and oxygen atoms in total. The number of ether oxygens (including phenoxy) is 1. The molecule has 37 heavy (non-hydrogen) atoms. The summed E-state index contributed by atoms with van der Waals surface area (Å²) in [4.78, 5) is 61.3. The Morgan fingerprint density at radius 1 is 1.11 bits per heavy atom. The fourth-order valence-electron chi connectivity index (χ4n) is 3.32. The lowest BCUT2D eigenvalue weighted by atomic mass is 10.1. The first-order valence-electron chi connectivity index (χ1n) is 11.2. The standard InChI is InChI=1S/C22H27N6O8P/c1-4-8-24-21(30)16-10-18-19(25-12-26-27(18)11-16)28(22(31)35-13-36-37(32,33)34)17-9-15(7-6-14(17)3)20(29)23-5-2/h6-7,9-12H,4-5,8,13H2,1-3H3,(H,23,29)(H,24,30)(H2,32,33,34). The van der Waals surface area contributed by atoms with Gasteiger partial charge in [0.05, 0.1) is 11.3 Å². The number of rotatable bonds is 10. The van der Waals surface area contributed by atoms with Crippen LogP contribution in [0.1, 0.15) is 46.5 Å². The van der Waals surface area contributed by atoms with E-state index in [1.807, 2.05) is 6.92 Å². The van der Waals surface area contributed by atoms with Gasteiger partial charge in [0.25, 0.3) is 11.8 Å². The summed E-state index contributed by atoms with van der Waals surface area (Å²) in [6.45, 7) is 5.15. The fraction of sp³-hybridized carbons (Fsp3) is 0.318. The number of amides is 3. The summed E-state index contributed by atoms with van der Waals surface area (Å²) in [5.41, 5.74) is 1.50. The van der Waals surface area contributed by atoms with Crippen molar-refractivity contribution in [2.45, 2.75) is 27.2 Å². The van der Waals surface area contributed by atoms with Crippen molar-refractivity contribution < 1.29 is 38.0 Å². The Bertz CT molecular complexity index is 1350. The van der Waals surface area contributed by atoms with E-state index < -0.39 is 20.7 Å². The lowest BCUT2D eigenvalue weighted by Gasteiger charge is -2.24. The smallest absolute Gasteiger partial charge is 0.421 e. The molecule has 15 heteroatoms. The van der Waals surface area contributed by atoms with Gasteiger partial charge in [-0.15, -0.1) is 0 Å². The summed E-state index contributed by atoms with van der Waals surface area (Å²) in [5, 5.41) is 9.53. The fourth-order valence-corrected chi connectivity index (χ4v) is 3.51. The van der Waals surface area contributed by atoms with Gasteiger partial charge < -0.3 is 25.2 Å². The molecule has 0 spiro atoms. The molecule has 0 radical (unpaired) electrons. The van der Waals surface area contributed by atoms with Crippen molar-refractivity contribution in [3.8, 4) is 0 Å². The molecule has 1 aromatic carbocycles. The number of carbonyl (C=O) groups excluding carboxylic acids is 3. The van der Waals surface area contributed by atoms with E-state index in [1.165, 1.54) is 22.8 Å². The number of hydrogen-bond acceptors (Lipinski definition) is 8. The van der Waals surface area contributed by atoms with Gasteiger partial charge in [0.2, 0.25) is 6.79 Å². The molecule has 0 aliphatic heterocycles. The van der Waals surface area contributed by atoms with Crippen molar-refractivity contribution in [2.75, 3.05) is 24.8 Å². The van der Waals surface area contributed by atoms with Crippen molar-refractivity contribution >= 4 is 42.8 Å². The number of benzene rings is 1. The number of nitrogens with zero attached hydrogens (tertiary/aromatic N) is 4. The second kappa shape index (κ2) is 11.9. The maximum absolute atomic E-state index is 13.2. The number of phosphoric acid groups is 1. The number of anilines is 2. The predicted octanol–water partition coefficient (Wildman–Crippen LogP) is 2.27. The van der Waals surface area contributed by atoms with Crippen molar-refractivity contribution in [2.24, 2.45) is 0 Å². The molecule has 0 aliphatic rings. The highest BCUT2D eigenvalue weighted by Gasteiger charge is 2.28. The lowest BCUT2D eigenvalue weighted by molar-refractivity contribution is 0.0445. The molecule has 2 heterocycles. The highest BCUT2D eigenvalue weighted by atomic mass is 31.2. The second-order valence-corrected chi connectivity index (χ2v) is 8.98. The Morgan fingerprint density at radius 2 is 1.84 bits per heavy atom. The summed E-state index contributed by atoms with van der Waals surface area (Å²) in [7, 11) is -4.91. The van der Waals surface area contributed by atoms with Crippen molar-refractivity contribution in [1.29, 1.82) is 0 Å². The number of nitrogens with one attached hydrogen (secondary N) is 2. The zero-order chi connectivity index (χ0) is 27.2. The maximum Gasteiger partial charge on any atom is 0.472 e. The third-order valence-corrected chi connectivity index (χ3v) is 5.47. The van der Waals surface area contributed by atoms with E-state index in [0.29, 0.717) is 18.7 Å². The van der Waals surface area contributed by atoms with Crippen molar-refractivity contribution in [1.82, 2.24) is 25.2 Å². The van der Waals surface area contributed by atoms with E-state index in [1.54, 1.807) is 26.0 Å². The first-order valence-corrected chi connectivity index (χ1v) is 12.8. The van der Waals surface area contributed by atoms with E-state index in [0.717, 1.165) is 17.6 Å². The molecule has 3 aromatic rings. The van der Waals surface area contributed by atoms with Crippen LogP contribution in [-0.2, 0) is 13.8 Å². The largest absolute Gasteiger partial charge is 0.472 e. The number of fused-ring (bicyclic) bond motifs is 1. The van der Waals surface area contributed by atoms with Crippen LogP contribution in [0.5, 0.6) is 0 Å². The quantitative estimate of drug-likeness (QED) is 0.222. The summed E-state index contributed by atoms with van der Waals surface area (Å²) >= 11 is 0. The highest BCUT2D eigenvalue weighted by Crippen LogP contribution is 2.36. The molecule has 3 amide bonds. The first kappa shape index (κ1) is 27.7. The van der Waals surface area contributed by atoms with Gasteiger partial charge in [0, 0.05) is 24.8 Å². The number of carbonyl (C=O) groups is 3. The molecular weight excluding hydrogens is 507 g/mol. The average Bonchev–Trinajstić information content (AvgIpc) is 3.28. The monoisotopic (exact) mass is 534 g/mol. The molecule has 0 bridgehead atoms. The molecule has 0 aliphatic carbocycles. The number of aryl methyl sites for hydroxylation is 1. The molecule has 0 saturated carbocycles. The SMILES string of the molecule is CCCNC(=O)c1cc2c(N(C(=O)OCOP(=O)(O)O)c3cc(C(=O)NCC)ccc3C)ncnn2c1. The van der Waals surface area contributed by atoms with E-state index in [9.17, 15) is 18.9 Å². The second-order valence-electron chi connectivity index (χ2n) is 7.74. The van der Waals surface area contributed by atoms with Crippen LogP contribution in [0.15, 0.2) is 36.8 Å².